The molecule has 0 spiro atoms. The van der Waals surface area contributed by atoms with Crippen molar-refractivity contribution in [2.24, 2.45) is 0 Å². The number of hydrogen-bond donors (Lipinski definition) is 0. The van der Waals surface area contributed by atoms with Crippen molar-refractivity contribution in [3.05, 3.63) is 105 Å². The van der Waals surface area contributed by atoms with Crippen molar-refractivity contribution < 1.29 is 0 Å². The van der Waals surface area contributed by atoms with Gasteiger partial charge in [-0.05, 0) is 131 Å². The Morgan fingerprint density at radius 1 is 0.551 bits per heavy atom. The first kappa shape index (κ1) is 34.7. The first-order chi connectivity index (χ1) is 23.8. The Labute approximate surface area is 299 Å². The maximum atomic E-state index is 3.02. The number of hydrogen-bond acceptors (Lipinski definition) is 2. The topological polar surface area (TPSA) is 6.48 Å². The molecule has 7 rings (SSSR count). The zero-order valence-electron chi connectivity index (χ0n) is 31.7. The van der Waals surface area contributed by atoms with Gasteiger partial charge in [0.05, 0.1) is 0 Å². The van der Waals surface area contributed by atoms with Crippen LogP contribution in [0.2, 0.25) is 0 Å². The number of rotatable bonds is 6. The summed E-state index contributed by atoms with van der Waals surface area (Å²) in [7, 11) is 0. The van der Waals surface area contributed by atoms with Crippen molar-refractivity contribution >= 4 is 24.1 Å². The molecule has 1 saturated heterocycles. The van der Waals surface area contributed by atoms with Crippen LogP contribution in [0.25, 0.3) is 0 Å². The molecule has 1 heterocycles. The predicted molar refractivity (Wildman–Crippen MR) is 218 cm³/mol. The van der Waals surface area contributed by atoms with Crippen LogP contribution in [0.15, 0.2) is 66.0 Å². The van der Waals surface area contributed by atoms with E-state index in [0.29, 0.717) is 5.66 Å². The van der Waals surface area contributed by atoms with E-state index < -0.39 is 6.89 Å². The van der Waals surface area contributed by atoms with Gasteiger partial charge in [-0.2, -0.15) is 0 Å². The molecule has 0 radical (unpaired) electrons. The van der Waals surface area contributed by atoms with Crippen LogP contribution in [0.5, 0.6) is 0 Å². The lowest BCUT2D eigenvalue weighted by molar-refractivity contribution is 0.474. The SMILES string of the molecule is Cc1cc(C)c(N2CCN(c3c(C)cc(C)cc3C)C2=C2CCCCC2P(=Cc2ccccc2)(C2CCCCC2)C2CCCCC2)c(C)c1. The van der Waals surface area contributed by atoms with Gasteiger partial charge in [-0.25, -0.2) is 0 Å². The van der Waals surface area contributed by atoms with Crippen molar-refractivity contribution in [3.8, 4) is 0 Å². The van der Waals surface area contributed by atoms with Crippen LogP contribution in [0.4, 0.5) is 11.4 Å². The summed E-state index contributed by atoms with van der Waals surface area (Å²) in [6, 6.07) is 21.4. The highest BCUT2D eigenvalue weighted by Crippen LogP contribution is 2.71. The van der Waals surface area contributed by atoms with Gasteiger partial charge in [0, 0.05) is 30.1 Å². The lowest BCUT2D eigenvalue weighted by atomic mass is 9.92. The minimum atomic E-state index is -1.59. The van der Waals surface area contributed by atoms with E-state index in [9.17, 15) is 0 Å². The summed E-state index contributed by atoms with van der Waals surface area (Å²) in [5, 5.41) is 0. The molecule has 1 atom stereocenters. The summed E-state index contributed by atoms with van der Waals surface area (Å²) in [6.07, 6.45) is 19.8. The Kier molecular flexibility index (Phi) is 10.5. The molecule has 0 amide bonds. The second-order valence-corrected chi connectivity index (χ2v) is 20.6. The van der Waals surface area contributed by atoms with E-state index in [0.717, 1.165) is 24.4 Å². The minimum absolute atomic E-state index is 0.683. The van der Waals surface area contributed by atoms with Crippen LogP contribution in [-0.2, 0) is 0 Å². The molecular formula is C46H63N2P. The van der Waals surface area contributed by atoms with Gasteiger partial charge in [0.1, 0.15) is 5.82 Å². The lowest BCUT2D eigenvalue weighted by Crippen LogP contribution is -2.37. The molecule has 3 saturated carbocycles. The second-order valence-electron chi connectivity index (χ2n) is 16.4. The van der Waals surface area contributed by atoms with E-state index in [1.54, 1.807) is 5.82 Å². The second kappa shape index (κ2) is 14.9. The van der Waals surface area contributed by atoms with Crippen LogP contribution < -0.4 is 9.80 Å². The van der Waals surface area contributed by atoms with Crippen molar-refractivity contribution in [3.63, 3.8) is 0 Å². The quantitative estimate of drug-likeness (QED) is 0.240. The van der Waals surface area contributed by atoms with Gasteiger partial charge in [-0.1, -0.05) is 123 Å². The van der Waals surface area contributed by atoms with E-state index in [-0.39, 0.29) is 0 Å². The van der Waals surface area contributed by atoms with Gasteiger partial charge in [-0.15, -0.1) is 0 Å². The average molecular weight is 675 g/mol. The molecule has 4 aliphatic rings. The van der Waals surface area contributed by atoms with E-state index >= 15 is 0 Å². The first-order valence-corrected chi connectivity index (χ1v) is 22.1. The highest BCUT2D eigenvalue weighted by Gasteiger charge is 2.47. The molecule has 4 fully saturated rings. The van der Waals surface area contributed by atoms with E-state index in [1.165, 1.54) is 140 Å². The van der Waals surface area contributed by atoms with Gasteiger partial charge in [0.2, 0.25) is 0 Å². The lowest BCUT2D eigenvalue weighted by Gasteiger charge is -2.52. The normalized spacial score (nSPS) is 21.5. The third kappa shape index (κ3) is 6.73. The Balaban J connectivity index is 1.52. The van der Waals surface area contributed by atoms with Crippen LogP contribution in [0, 0.1) is 41.5 Å². The summed E-state index contributed by atoms with van der Waals surface area (Å²) in [5.74, 6) is 4.59. The summed E-state index contributed by atoms with van der Waals surface area (Å²) in [6.45, 7) is 14.5. The average Bonchev–Trinajstić information content (AvgIpc) is 3.51. The van der Waals surface area contributed by atoms with Crippen LogP contribution in [-0.4, -0.2) is 35.9 Å². The Morgan fingerprint density at radius 2 is 1.00 bits per heavy atom. The molecule has 262 valence electrons. The molecule has 2 nitrogen and oxygen atoms in total. The van der Waals surface area contributed by atoms with Crippen molar-refractivity contribution in [2.45, 2.75) is 148 Å². The smallest absolute Gasteiger partial charge is 0.113 e. The molecule has 49 heavy (non-hydrogen) atoms. The van der Waals surface area contributed by atoms with E-state index in [4.69, 9.17) is 0 Å². The fraction of sp³-hybridized carbons (Fsp3) is 0.543. The molecule has 1 aliphatic heterocycles. The molecule has 3 aromatic carbocycles. The van der Waals surface area contributed by atoms with Crippen molar-refractivity contribution in [1.82, 2.24) is 0 Å². The standard InChI is InChI=1S/C46H63N2P/c1-33-28-35(3)44(36(4)29-33)47-26-27-48(45-37(5)30-34(2)31-38(45)6)46(47)42-24-16-17-25-43(42)49(40-20-12-8-13-21-40,41-22-14-9-15-23-41)32-39-18-10-7-11-19-39/h7,10-11,18-19,28-32,40-41,43H,8-9,12-17,20-27H2,1-6H3. The predicted octanol–water partition coefficient (Wildman–Crippen LogP) is 12.6. The number of anilines is 2. The molecule has 0 N–H and O–H groups in total. The van der Waals surface area contributed by atoms with Gasteiger partial charge in [-0.3, -0.25) is 0 Å². The maximum absolute atomic E-state index is 3.02. The molecule has 0 aromatic heterocycles. The monoisotopic (exact) mass is 674 g/mol. The molecular weight excluding hydrogens is 611 g/mol. The zero-order valence-corrected chi connectivity index (χ0v) is 32.6. The summed E-state index contributed by atoms with van der Waals surface area (Å²) in [4.78, 5) is 5.66. The molecule has 3 heteroatoms. The molecule has 0 bridgehead atoms. The van der Waals surface area contributed by atoms with Crippen LogP contribution >= 0.6 is 6.89 Å². The highest BCUT2D eigenvalue weighted by molar-refractivity contribution is 7.77. The zero-order chi connectivity index (χ0) is 34.1. The Hall–Kier alpha value is -2.70. The molecule has 3 aromatic rings. The fourth-order valence-corrected chi connectivity index (χ4v) is 18.1. The van der Waals surface area contributed by atoms with Crippen molar-refractivity contribution in [2.75, 3.05) is 22.9 Å². The third-order valence-corrected chi connectivity index (χ3v) is 18.8. The molecule has 3 aliphatic carbocycles. The third-order valence-electron chi connectivity index (χ3n) is 12.9. The van der Waals surface area contributed by atoms with Crippen LogP contribution in [0.3, 0.4) is 0 Å². The number of benzene rings is 3. The summed E-state index contributed by atoms with van der Waals surface area (Å²) in [5.41, 5.74) is 17.2. The highest BCUT2D eigenvalue weighted by atomic mass is 31.2. The van der Waals surface area contributed by atoms with Crippen molar-refractivity contribution in [1.29, 1.82) is 0 Å². The van der Waals surface area contributed by atoms with Gasteiger partial charge in [0.25, 0.3) is 0 Å². The van der Waals surface area contributed by atoms with Gasteiger partial charge in [0.15, 0.2) is 0 Å². The largest absolute Gasteiger partial charge is 0.325 e. The van der Waals surface area contributed by atoms with Gasteiger partial charge >= 0.3 is 0 Å². The molecule has 1 unspecified atom stereocenters. The summed E-state index contributed by atoms with van der Waals surface area (Å²) >= 11 is 0. The maximum Gasteiger partial charge on any atom is 0.113 e. The summed E-state index contributed by atoms with van der Waals surface area (Å²) < 4.78 is 0. The van der Waals surface area contributed by atoms with Crippen LogP contribution in [0.1, 0.15) is 129 Å². The Morgan fingerprint density at radius 3 is 1.47 bits per heavy atom. The van der Waals surface area contributed by atoms with Gasteiger partial charge < -0.3 is 9.80 Å². The minimum Gasteiger partial charge on any atom is -0.325 e. The van der Waals surface area contributed by atoms with E-state index in [1.807, 2.05) is 5.57 Å². The number of nitrogens with zero attached hydrogens (tertiary/aromatic N) is 2. The van der Waals surface area contributed by atoms with E-state index in [2.05, 4.69) is 112 Å². The fourth-order valence-electron chi connectivity index (χ4n) is 11.2. The number of aryl methyl sites for hydroxylation is 6. The number of allylic oxidation sites excluding steroid dienone is 1. The first-order valence-electron chi connectivity index (χ1n) is 20.0. The Bertz CT molecular complexity index is 1580.